The van der Waals surface area contributed by atoms with E-state index < -0.39 is 27.9 Å². The van der Waals surface area contributed by atoms with Crippen LogP contribution in [0.1, 0.15) is 36.5 Å². The number of carbonyl (C=O) groups excluding carboxylic acids is 1. The number of sulfonamides is 1. The highest BCUT2D eigenvalue weighted by atomic mass is 32.2. The van der Waals surface area contributed by atoms with E-state index in [9.17, 15) is 23.1 Å². The topological polar surface area (TPSA) is 104 Å². The van der Waals surface area contributed by atoms with Crippen LogP contribution in [0.4, 0.5) is 0 Å². The SMILES string of the molecule is CC1CCCCN1S(=O)(=O)c1ccc(C(=O)N2CCOCC2C(=O)O)cc1. The van der Waals surface area contributed by atoms with E-state index in [0.717, 1.165) is 19.3 Å². The minimum Gasteiger partial charge on any atom is -0.480 e. The molecular formula is C18H24N2O6S. The number of hydrogen-bond donors (Lipinski definition) is 1. The molecule has 2 atom stereocenters. The molecule has 3 rings (SSSR count). The number of rotatable bonds is 4. The lowest BCUT2D eigenvalue weighted by molar-refractivity contribution is -0.147. The minimum atomic E-state index is -3.61. The number of hydrogen-bond acceptors (Lipinski definition) is 5. The number of benzene rings is 1. The van der Waals surface area contributed by atoms with Crippen LogP contribution in [0.2, 0.25) is 0 Å². The summed E-state index contributed by atoms with van der Waals surface area (Å²) in [4.78, 5) is 25.4. The standard InChI is InChI=1S/C18H24N2O6S/c1-13-4-2-3-9-20(13)27(24,25)15-7-5-14(6-8-15)17(21)19-10-11-26-12-16(19)18(22)23/h5-8,13,16H,2-4,9-12H2,1H3,(H,22,23). The summed E-state index contributed by atoms with van der Waals surface area (Å²) in [6, 6.07) is 4.63. The number of carboxylic acids is 1. The van der Waals surface area contributed by atoms with Gasteiger partial charge in [-0.1, -0.05) is 6.42 Å². The third kappa shape index (κ3) is 3.99. The van der Waals surface area contributed by atoms with Crippen LogP contribution >= 0.6 is 0 Å². The quantitative estimate of drug-likeness (QED) is 0.819. The summed E-state index contributed by atoms with van der Waals surface area (Å²) in [5.74, 6) is -1.57. The Morgan fingerprint density at radius 3 is 2.48 bits per heavy atom. The highest BCUT2D eigenvalue weighted by Gasteiger charge is 2.34. The van der Waals surface area contributed by atoms with Crippen LogP contribution in [0, 0.1) is 0 Å². The maximum Gasteiger partial charge on any atom is 0.328 e. The van der Waals surface area contributed by atoms with Crippen molar-refractivity contribution < 1.29 is 27.9 Å². The molecule has 0 radical (unpaired) electrons. The van der Waals surface area contributed by atoms with Crippen LogP contribution in [0.25, 0.3) is 0 Å². The molecule has 0 bridgehead atoms. The van der Waals surface area contributed by atoms with E-state index in [4.69, 9.17) is 4.74 Å². The maximum absolute atomic E-state index is 12.9. The fraction of sp³-hybridized carbons (Fsp3) is 0.556. The Morgan fingerprint density at radius 2 is 1.85 bits per heavy atom. The first kappa shape index (κ1) is 19.8. The molecule has 2 unspecified atom stereocenters. The van der Waals surface area contributed by atoms with Gasteiger partial charge in [-0.2, -0.15) is 4.31 Å². The number of piperidine rings is 1. The Hall–Kier alpha value is -1.97. The second-order valence-electron chi connectivity index (χ2n) is 6.91. The van der Waals surface area contributed by atoms with Gasteiger partial charge >= 0.3 is 5.97 Å². The number of carboxylic acid groups (broad SMARTS) is 1. The molecule has 1 N–H and O–H groups in total. The van der Waals surface area contributed by atoms with Crippen LogP contribution in [0.3, 0.4) is 0 Å². The average Bonchev–Trinajstić information content (AvgIpc) is 2.67. The predicted molar refractivity (Wildman–Crippen MR) is 96.9 cm³/mol. The molecule has 1 aromatic rings. The average molecular weight is 396 g/mol. The highest BCUT2D eigenvalue weighted by Crippen LogP contribution is 2.25. The lowest BCUT2D eigenvalue weighted by Gasteiger charge is -2.33. The van der Waals surface area contributed by atoms with Gasteiger partial charge in [-0.15, -0.1) is 0 Å². The lowest BCUT2D eigenvalue weighted by Crippen LogP contribution is -2.52. The monoisotopic (exact) mass is 396 g/mol. The smallest absolute Gasteiger partial charge is 0.328 e. The summed E-state index contributed by atoms with van der Waals surface area (Å²) >= 11 is 0. The zero-order valence-corrected chi connectivity index (χ0v) is 16.0. The summed E-state index contributed by atoms with van der Waals surface area (Å²) in [6.07, 6.45) is 2.70. The van der Waals surface area contributed by atoms with Gasteiger partial charge in [0.25, 0.3) is 5.91 Å². The first-order valence-electron chi connectivity index (χ1n) is 9.06. The summed E-state index contributed by atoms with van der Waals surface area (Å²) < 4.78 is 32.4. The van der Waals surface area contributed by atoms with Crippen molar-refractivity contribution in [1.29, 1.82) is 0 Å². The third-order valence-electron chi connectivity index (χ3n) is 5.12. The molecule has 2 aliphatic rings. The molecule has 2 saturated heterocycles. The predicted octanol–water partition coefficient (Wildman–Crippen LogP) is 1.18. The summed E-state index contributed by atoms with van der Waals surface area (Å²) in [6.45, 7) is 2.80. The molecule has 2 heterocycles. The number of carbonyl (C=O) groups is 2. The van der Waals surface area contributed by atoms with E-state index >= 15 is 0 Å². The molecule has 1 aromatic carbocycles. The van der Waals surface area contributed by atoms with E-state index in [1.165, 1.54) is 33.5 Å². The van der Waals surface area contributed by atoms with Gasteiger partial charge in [0.15, 0.2) is 6.04 Å². The van der Waals surface area contributed by atoms with Crippen LogP contribution in [-0.4, -0.2) is 73.0 Å². The first-order chi connectivity index (χ1) is 12.8. The summed E-state index contributed by atoms with van der Waals surface area (Å²) in [7, 11) is -3.61. The van der Waals surface area contributed by atoms with E-state index in [2.05, 4.69) is 0 Å². The first-order valence-corrected chi connectivity index (χ1v) is 10.5. The minimum absolute atomic E-state index is 0.0465. The van der Waals surface area contributed by atoms with Crippen molar-refractivity contribution in [3.63, 3.8) is 0 Å². The van der Waals surface area contributed by atoms with Crippen LogP contribution in [0.5, 0.6) is 0 Å². The molecule has 148 valence electrons. The normalized spacial score (nSPS) is 24.6. The highest BCUT2D eigenvalue weighted by molar-refractivity contribution is 7.89. The van der Waals surface area contributed by atoms with Crippen molar-refractivity contribution in [1.82, 2.24) is 9.21 Å². The van der Waals surface area contributed by atoms with Crippen molar-refractivity contribution in [3.05, 3.63) is 29.8 Å². The molecule has 1 amide bonds. The third-order valence-corrected chi connectivity index (χ3v) is 7.15. The van der Waals surface area contributed by atoms with Crippen molar-refractivity contribution in [2.45, 2.75) is 43.2 Å². The molecule has 0 saturated carbocycles. The Labute approximate surface area is 158 Å². The largest absolute Gasteiger partial charge is 0.480 e. The van der Waals surface area contributed by atoms with Gasteiger partial charge < -0.3 is 14.7 Å². The van der Waals surface area contributed by atoms with Crippen LogP contribution < -0.4 is 0 Å². The van der Waals surface area contributed by atoms with Gasteiger partial charge in [0.1, 0.15) is 0 Å². The number of amides is 1. The second-order valence-corrected chi connectivity index (χ2v) is 8.80. The van der Waals surface area contributed by atoms with E-state index in [-0.39, 0.29) is 36.3 Å². The van der Waals surface area contributed by atoms with E-state index in [1.54, 1.807) is 0 Å². The maximum atomic E-state index is 12.9. The van der Waals surface area contributed by atoms with Gasteiger partial charge in [0.2, 0.25) is 10.0 Å². The number of nitrogens with zero attached hydrogens (tertiary/aromatic N) is 2. The van der Waals surface area contributed by atoms with Crippen LogP contribution in [0.15, 0.2) is 29.2 Å². The second kappa shape index (κ2) is 7.95. The van der Waals surface area contributed by atoms with Crippen molar-refractivity contribution in [2.24, 2.45) is 0 Å². The zero-order chi connectivity index (χ0) is 19.6. The van der Waals surface area contributed by atoms with Gasteiger partial charge in [-0.25, -0.2) is 13.2 Å². The van der Waals surface area contributed by atoms with Crippen molar-refractivity contribution >= 4 is 21.9 Å². The number of aliphatic carboxylic acids is 1. The van der Waals surface area contributed by atoms with Crippen molar-refractivity contribution in [2.75, 3.05) is 26.3 Å². The molecule has 27 heavy (non-hydrogen) atoms. The summed E-state index contributed by atoms with van der Waals surface area (Å²) in [5, 5.41) is 9.27. The Kier molecular flexibility index (Phi) is 5.83. The van der Waals surface area contributed by atoms with Gasteiger partial charge in [-0.3, -0.25) is 4.79 Å². The molecular weight excluding hydrogens is 372 g/mol. The molecule has 2 aliphatic heterocycles. The fourth-order valence-electron chi connectivity index (χ4n) is 3.55. The van der Waals surface area contributed by atoms with Gasteiger partial charge in [-0.05, 0) is 44.0 Å². The Balaban J connectivity index is 1.80. The van der Waals surface area contributed by atoms with Gasteiger partial charge in [0, 0.05) is 24.7 Å². The molecule has 0 spiro atoms. The number of morpholine rings is 1. The Morgan fingerprint density at radius 1 is 1.15 bits per heavy atom. The van der Waals surface area contributed by atoms with E-state index in [1.807, 2.05) is 6.92 Å². The Bertz CT molecular complexity index is 808. The number of ether oxygens (including phenoxy) is 1. The van der Waals surface area contributed by atoms with E-state index in [0.29, 0.717) is 6.54 Å². The zero-order valence-electron chi connectivity index (χ0n) is 15.2. The summed E-state index contributed by atoms with van der Waals surface area (Å²) in [5.41, 5.74) is 0.258. The molecule has 8 nitrogen and oxygen atoms in total. The molecule has 0 aromatic heterocycles. The van der Waals surface area contributed by atoms with Crippen molar-refractivity contribution in [3.8, 4) is 0 Å². The molecule has 2 fully saturated rings. The molecule has 0 aliphatic carbocycles. The van der Waals surface area contributed by atoms with Crippen LogP contribution in [-0.2, 0) is 19.6 Å². The fourth-order valence-corrected chi connectivity index (χ4v) is 5.25. The lowest BCUT2D eigenvalue weighted by atomic mass is 10.1. The molecule has 9 heteroatoms. The van der Waals surface area contributed by atoms with Gasteiger partial charge in [0.05, 0.1) is 18.1 Å².